The minimum atomic E-state index is -0.467. The monoisotopic (exact) mass is 383 g/mol. The molecule has 3 N–H and O–H groups in total. The fourth-order valence-corrected chi connectivity index (χ4v) is 2.15. The third kappa shape index (κ3) is 3.49. The maximum absolute atomic E-state index is 12.1. The molecule has 0 aliphatic rings. The molecule has 0 bridgehead atoms. The van der Waals surface area contributed by atoms with Crippen molar-refractivity contribution in [2.45, 2.75) is 6.04 Å². The number of benzene rings is 2. The molecule has 104 valence electrons. The van der Waals surface area contributed by atoms with Crippen molar-refractivity contribution < 1.29 is 15.0 Å². The number of phenolic OH excluding ortho intramolecular Hbond substituents is 1. The Hall–Kier alpha value is -1.60. The maximum atomic E-state index is 12.1. The second kappa shape index (κ2) is 6.71. The average Bonchev–Trinajstić information content (AvgIpc) is 2.48. The summed E-state index contributed by atoms with van der Waals surface area (Å²) in [7, 11) is 0. The Bertz CT molecular complexity index is 601. The highest BCUT2D eigenvalue weighted by Crippen LogP contribution is 2.21. The molecule has 2 aromatic rings. The molecule has 0 saturated carbocycles. The van der Waals surface area contributed by atoms with E-state index in [2.05, 4.69) is 5.32 Å². The van der Waals surface area contributed by atoms with Gasteiger partial charge in [0.05, 0.1) is 16.2 Å². The van der Waals surface area contributed by atoms with Gasteiger partial charge < -0.3 is 15.5 Å². The molecule has 0 saturated heterocycles. The Kier molecular flexibility index (Phi) is 4.97. The molecule has 5 heteroatoms. The van der Waals surface area contributed by atoms with Crippen LogP contribution < -0.4 is 5.32 Å². The zero-order valence-corrected chi connectivity index (χ0v) is 12.7. The van der Waals surface area contributed by atoms with Gasteiger partial charge in [0.1, 0.15) is 5.75 Å². The van der Waals surface area contributed by atoms with Crippen LogP contribution in [0.3, 0.4) is 0 Å². The summed E-state index contributed by atoms with van der Waals surface area (Å²) in [4.78, 5) is 12.1. The lowest BCUT2D eigenvalue weighted by Gasteiger charge is -2.16. The van der Waals surface area contributed by atoms with E-state index in [9.17, 15) is 15.0 Å². The summed E-state index contributed by atoms with van der Waals surface area (Å²) in [6.45, 7) is -0.188. The van der Waals surface area contributed by atoms with Crippen molar-refractivity contribution in [1.29, 1.82) is 0 Å². The first-order valence-electron chi connectivity index (χ1n) is 6.07. The van der Waals surface area contributed by atoms with Gasteiger partial charge in [0, 0.05) is 5.56 Å². The predicted octanol–water partition coefficient (Wildman–Crippen LogP) is 2.46. The smallest absolute Gasteiger partial charge is 0.251 e. The first-order chi connectivity index (χ1) is 9.61. The molecule has 4 nitrogen and oxygen atoms in total. The molecule has 0 spiro atoms. The molecule has 0 unspecified atom stereocenters. The summed E-state index contributed by atoms with van der Waals surface area (Å²) >= 11 is 1.98. The number of aliphatic hydroxyl groups excluding tert-OH is 1. The lowest BCUT2D eigenvalue weighted by molar-refractivity contribution is 0.0916. The highest BCUT2D eigenvalue weighted by molar-refractivity contribution is 14.1. The van der Waals surface area contributed by atoms with E-state index in [0.29, 0.717) is 9.13 Å². The largest absolute Gasteiger partial charge is 0.507 e. The van der Waals surface area contributed by atoms with Gasteiger partial charge in [0.25, 0.3) is 5.91 Å². The Morgan fingerprint density at radius 1 is 1.20 bits per heavy atom. The van der Waals surface area contributed by atoms with E-state index in [-0.39, 0.29) is 18.3 Å². The molecular formula is C15H14INO3. The lowest BCUT2D eigenvalue weighted by atomic mass is 10.1. The number of halogens is 1. The minimum Gasteiger partial charge on any atom is -0.507 e. The number of hydrogen-bond donors (Lipinski definition) is 3. The number of amides is 1. The number of carbonyl (C=O) groups excluding carboxylic acids is 1. The third-order valence-corrected chi connectivity index (χ3v) is 3.81. The average molecular weight is 383 g/mol. The van der Waals surface area contributed by atoms with Crippen LogP contribution in [0.15, 0.2) is 48.5 Å². The van der Waals surface area contributed by atoms with Gasteiger partial charge in [-0.05, 0) is 46.4 Å². The van der Waals surface area contributed by atoms with Gasteiger partial charge >= 0.3 is 0 Å². The van der Waals surface area contributed by atoms with Crippen molar-refractivity contribution in [1.82, 2.24) is 5.32 Å². The molecule has 1 atom stereocenters. The number of rotatable bonds is 4. The molecule has 0 fully saturated rings. The van der Waals surface area contributed by atoms with Crippen molar-refractivity contribution in [2.24, 2.45) is 0 Å². The molecule has 0 aliphatic heterocycles. The fraction of sp³-hybridized carbons (Fsp3) is 0.133. The van der Waals surface area contributed by atoms with Crippen LogP contribution in [0.5, 0.6) is 5.75 Å². The first-order valence-corrected chi connectivity index (χ1v) is 7.15. The van der Waals surface area contributed by atoms with Gasteiger partial charge in [-0.25, -0.2) is 0 Å². The Morgan fingerprint density at radius 2 is 1.90 bits per heavy atom. The van der Waals surface area contributed by atoms with Gasteiger partial charge in [-0.3, -0.25) is 4.79 Å². The summed E-state index contributed by atoms with van der Waals surface area (Å²) in [6, 6.07) is 13.5. The number of nitrogens with one attached hydrogen (secondary N) is 1. The van der Waals surface area contributed by atoms with E-state index in [0.717, 1.165) is 5.56 Å². The van der Waals surface area contributed by atoms with Crippen LogP contribution in [0.1, 0.15) is 22.0 Å². The quantitative estimate of drug-likeness (QED) is 0.711. The van der Waals surface area contributed by atoms with E-state index < -0.39 is 6.04 Å². The Morgan fingerprint density at radius 3 is 2.50 bits per heavy atom. The highest BCUT2D eigenvalue weighted by atomic mass is 127. The highest BCUT2D eigenvalue weighted by Gasteiger charge is 2.15. The number of phenols is 1. The molecule has 0 heterocycles. The molecule has 20 heavy (non-hydrogen) atoms. The van der Waals surface area contributed by atoms with Crippen LogP contribution in [-0.2, 0) is 0 Å². The van der Waals surface area contributed by atoms with Gasteiger partial charge in [0.15, 0.2) is 0 Å². The molecule has 0 radical (unpaired) electrons. The maximum Gasteiger partial charge on any atom is 0.251 e. The zero-order valence-electron chi connectivity index (χ0n) is 10.6. The second-order valence-electron chi connectivity index (χ2n) is 4.29. The van der Waals surface area contributed by atoms with Crippen molar-refractivity contribution in [3.8, 4) is 5.75 Å². The summed E-state index contributed by atoms with van der Waals surface area (Å²) < 4.78 is 0.681. The first kappa shape index (κ1) is 14.8. The molecule has 2 rings (SSSR count). The number of aromatic hydroxyl groups is 1. The Balaban J connectivity index is 2.15. The minimum absolute atomic E-state index is 0.0681. The van der Waals surface area contributed by atoms with E-state index in [1.165, 1.54) is 6.07 Å². The van der Waals surface area contributed by atoms with Crippen LogP contribution >= 0.6 is 22.6 Å². The van der Waals surface area contributed by atoms with Crippen molar-refractivity contribution in [3.05, 3.63) is 63.2 Å². The molecular weight excluding hydrogens is 369 g/mol. The van der Waals surface area contributed by atoms with E-state index in [4.69, 9.17) is 0 Å². The second-order valence-corrected chi connectivity index (χ2v) is 5.45. The van der Waals surface area contributed by atoms with Crippen molar-refractivity contribution in [2.75, 3.05) is 6.61 Å². The lowest BCUT2D eigenvalue weighted by Crippen LogP contribution is -2.30. The van der Waals surface area contributed by atoms with E-state index in [1.54, 1.807) is 12.1 Å². The zero-order chi connectivity index (χ0) is 14.5. The summed E-state index contributed by atoms with van der Waals surface area (Å²) in [6.07, 6.45) is 0. The summed E-state index contributed by atoms with van der Waals surface area (Å²) in [5.74, 6) is -0.266. The van der Waals surface area contributed by atoms with Gasteiger partial charge in [-0.15, -0.1) is 0 Å². The normalized spacial score (nSPS) is 11.9. The topological polar surface area (TPSA) is 69.6 Å². The summed E-state index contributed by atoms with van der Waals surface area (Å²) in [5, 5.41) is 21.8. The number of aliphatic hydroxyl groups is 1. The van der Waals surface area contributed by atoms with Crippen molar-refractivity contribution in [3.63, 3.8) is 0 Å². The fourth-order valence-electron chi connectivity index (χ4n) is 1.82. The van der Waals surface area contributed by atoms with Crippen LogP contribution in [0.2, 0.25) is 0 Å². The van der Waals surface area contributed by atoms with Gasteiger partial charge in [-0.1, -0.05) is 30.3 Å². The van der Waals surface area contributed by atoms with Crippen LogP contribution in [0.4, 0.5) is 0 Å². The van der Waals surface area contributed by atoms with E-state index in [1.807, 2.05) is 52.9 Å². The van der Waals surface area contributed by atoms with Crippen LogP contribution in [-0.4, -0.2) is 22.7 Å². The predicted molar refractivity (Wildman–Crippen MR) is 84.6 cm³/mol. The molecule has 0 aliphatic carbocycles. The third-order valence-electron chi connectivity index (χ3n) is 2.90. The standard InChI is InChI=1S/C15H14INO3/c16-12-7-6-11(8-14(12)19)15(20)17-13(9-18)10-4-2-1-3-5-10/h1-8,13,18-19H,9H2,(H,17,20)/t13-/m0/s1. The van der Waals surface area contributed by atoms with E-state index >= 15 is 0 Å². The van der Waals surface area contributed by atoms with Crippen LogP contribution in [0.25, 0.3) is 0 Å². The Labute approximate surface area is 130 Å². The molecule has 0 aromatic heterocycles. The van der Waals surface area contributed by atoms with Gasteiger partial charge in [0.2, 0.25) is 0 Å². The van der Waals surface area contributed by atoms with Crippen molar-refractivity contribution >= 4 is 28.5 Å². The van der Waals surface area contributed by atoms with Crippen LogP contribution in [0, 0.1) is 3.57 Å². The van der Waals surface area contributed by atoms with Gasteiger partial charge in [-0.2, -0.15) is 0 Å². The SMILES string of the molecule is O=C(N[C@@H](CO)c1ccccc1)c1ccc(I)c(O)c1. The molecule has 2 aromatic carbocycles. The summed E-state index contributed by atoms with van der Waals surface area (Å²) in [5.41, 5.74) is 1.19. The molecule has 1 amide bonds. The number of carbonyl (C=O) groups is 1. The number of hydrogen-bond acceptors (Lipinski definition) is 3.